The lowest BCUT2D eigenvalue weighted by Gasteiger charge is -2.16. The molecule has 0 radical (unpaired) electrons. The van der Waals surface area contributed by atoms with E-state index < -0.39 is 6.61 Å². The molecule has 0 fully saturated rings. The molecule has 96 valence electrons. The topological polar surface area (TPSA) is 12.5 Å². The fraction of sp³-hybridized carbons (Fsp3) is 0.500. The van der Waals surface area contributed by atoms with Gasteiger partial charge in [-0.3, -0.25) is 0 Å². The van der Waals surface area contributed by atoms with Gasteiger partial charge in [-0.25, -0.2) is 0 Å². The Labute approximate surface area is 105 Å². The van der Waals surface area contributed by atoms with Crippen molar-refractivity contribution < 1.29 is 13.5 Å². The van der Waals surface area contributed by atoms with Crippen molar-refractivity contribution >= 4 is 11.8 Å². The maximum Gasteiger partial charge on any atom is 0.387 e. The highest BCUT2D eigenvalue weighted by Crippen LogP contribution is 2.15. The molecule has 0 heterocycles. The molecule has 0 aliphatic carbocycles. The minimum atomic E-state index is -2.76. The van der Waals surface area contributed by atoms with E-state index in [2.05, 4.69) is 15.9 Å². The van der Waals surface area contributed by atoms with Crippen molar-refractivity contribution in [3.05, 3.63) is 29.8 Å². The van der Waals surface area contributed by atoms with Crippen LogP contribution in [0.25, 0.3) is 0 Å². The summed E-state index contributed by atoms with van der Waals surface area (Å²) in [6.07, 6.45) is 2.07. The Morgan fingerprint density at radius 2 is 1.94 bits per heavy atom. The number of hydrogen-bond donors (Lipinski definition) is 0. The average molecular weight is 261 g/mol. The second-order valence-corrected chi connectivity index (χ2v) is 4.74. The highest BCUT2D eigenvalue weighted by molar-refractivity contribution is 7.98. The molecule has 0 aliphatic rings. The molecule has 1 rings (SSSR count). The summed E-state index contributed by atoms with van der Waals surface area (Å²) in [5.74, 6) is 1.29. The Morgan fingerprint density at radius 3 is 2.47 bits per heavy atom. The molecule has 0 saturated carbocycles. The van der Waals surface area contributed by atoms with Gasteiger partial charge in [0.15, 0.2) is 0 Å². The summed E-state index contributed by atoms with van der Waals surface area (Å²) in [5, 5.41) is 0. The van der Waals surface area contributed by atoms with Gasteiger partial charge in [-0.15, -0.1) is 0 Å². The van der Waals surface area contributed by atoms with Crippen LogP contribution in [0.15, 0.2) is 24.3 Å². The lowest BCUT2D eigenvalue weighted by atomic mass is 10.2. The Kier molecular flexibility index (Phi) is 6.29. The van der Waals surface area contributed by atoms with Crippen LogP contribution in [0.2, 0.25) is 0 Å². The lowest BCUT2D eigenvalue weighted by Crippen LogP contribution is -2.20. The van der Waals surface area contributed by atoms with Gasteiger partial charge in [0.2, 0.25) is 0 Å². The molecule has 5 heteroatoms. The van der Waals surface area contributed by atoms with Crippen LogP contribution >= 0.6 is 11.8 Å². The number of thioether (sulfide) groups is 1. The molecule has 1 aromatic carbocycles. The number of alkyl halides is 2. The van der Waals surface area contributed by atoms with Crippen LogP contribution < -0.4 is 4.74 Å². The molecule has 0 bridgehead atoms. The van der Waals surface area contributed by atoms with E-state index in [4.69, 9.17) is 0 Å². The van der Waals surface area contributed by atoms with Gasteiger partial charge in [0, 0.05) is 18.8 Å². The van der Waals surface area contributed by atoms with E-state index in [-0.39, 0.29) is 5.75 Å². The first-order valence-electron chi connectivity index (χ1n) is 5.33. The van der Waals surface area contributed by atoms with Gasteiger partial charge < -0.3 is 9.64 Å². The van der Waals surface area contributed by atoms with Crippen molar-refractivity contribution in [3.8, 4) is 5.75 Å². The molecule has 0 aromatic heterocycles. The first-order valence-corrected chi connectivity index (χ1v) is 6.72. The third-order valence-electron chi connectivity index (χ3n) is 2.28. The third-order valence-corrected chi connectivity index (χ3v) is 2.87. The molecule has 0 N–H and O–H groups in total. The van der Waals surface area contributed by atoms with Crippen LogP contribution in [0.3, 0.4) is 0 Å². The van der Waals surface area contributed by atoms with Crippen LogP contribution in [-0.2, 0) is 6.54 Å². The van der Waals surface area contributed by atoms with E-state index in [1.165, 1.54) is 0 Å². The minimum absolute atomic E-state index is 0.204. The van der Waals surface area contributed by atoms with Crippen LogP contribution in [0.4, 0.5) is 8.78 Å². The predicted molar refractivity (Wildman–Crippen MR) is 67.8 cm³/mol. The first-order chi connectivity index (χ1) is 8.11. The summed E-state index contributed by atoms with van der Waals surface area (Å²) in [4.78, 5) is 2.19. The van der Waals surface area contributed by atoms with Crippen LogP contribution in [0, 0.1) is 0 Å². The van der Waals surface area contributed by atoms with Crippen LogP contribution in [-0.4, -0.2) is 37.1 Å². The zero-order valence-electron chi connectivity index (χ0n) is 10.0. The fourth-order valence-electron chi connectivity index (χ4n) is 1.41. The van der Waals surface area contributed by atoms with Crippen molar-refractivity contribution in [2.75, 3.05) is 25.6 Å². The largest absolute Gasteiger partial charge is 0.435 e. The number of halogens is 2. The molecule has 0 amide bonds. The van der Waals surface area contributed by atoms with Crippen molar-refractivity contribution in [1.82, 2.24) is 4.90 Å². The zero-order valence-corrected chi connectivity index (χ0v) is 10.8. The van der Waals surface area contributed by atoms with E-state index in [0.29, 0.717) is 0 Å². The molecule has 17 heavy (non-hydrogen) atoms. The van der Waals surface area contributed by atoms with E-state index in [9.17, 15) is 8.78 Å². The van der Waals surface area contributed by atoms with Crippen molar-refractivity contribution in [2.45, 2.75) is 13.2 Å². The van der Waals surface area contributed by atoms with Gasteiger partial charge in [0.25, 0.3) is 0 Å². The number of ether oxygens (including phenoxy) is 1. The Bertz CT molecular complexity index is 319. The van der Waals surface area contributed by atoms with E-state index >= 15 is 0 Å². The second kappa shape index (κ2) is 7.50. The van der Waals surface area contributed by atoms with Gasteiger partial charge in [-0.2, -0.15) is 20.5 Å². The van der Waals surface area contributed by atoms with Gasteiger partial charge >= 0.3 is 6.61 Å². The second-order valence-electron chi connectivity index (χ2n) is 3.75. The van der Waals surface area contributed by atoms with Crippen LogP contribution in [0.5, 0.6) is 5.75 Å². The molecular weight excluding hydrogens is 244 g/mol. The molecule has 0 spiro atoms. The number of nitrogens with zero attached hydrogens (tertiary/aromatic N) is 1. The Hall–Kier alpha value is -0.810. The van der Waals surface area contributed by atoms with Crippen LogP contribution in [0.1, 0.15) is 5.56 Å². The Balaban J connectivity index is 2.44. The Morgan fingerprint density at radius 1 is 1.29 bits per heavy atom. The van der Waals surface area contributed by atoms with Gasteiger partial charge in [-0.1, -0.05) is 12.1 Å². The maximum absolute atomic E-state index is 11.9. The smallest absolute Gasteiger partial charge is 0.387 e. The number of benzene rings is 1. The number of rotatable bonds is 7. The monoisotopic (exact) mass is 261 g/mol. The first kappa shape index (κ1) is 14.3. The standard InChI is InChI=1S/C12H17F2NOS/c1-15(7-8-17-2)9-10-3-5-11(6-4-10)16-12(13)14/h3-6,12H,7-9H2,1-2H3. The third kappa shape index (κ3) is 5.89. The number of hydrogen-bond acceptors (Lipinski definition) is 3. The van der Waals surface area contributed by atoms with Gasteiger partial charge in [0.1, 0.15) is 5.75 Å². The normalized spacial score (nSPS) is 11.2. The van der Waals surface area contributed by atoms with Crippen molar-refractivity contribution in [2.24, 2.45) is 0 Å². The molecule has 1 aromatic rings. The van der Waals surface area contributed by atoms with Crippen molar-refractivity contribution in [3.63, 3.8) is 0 Å². The minimum Gasteiger partial charge on any atom is -0.435 e. The summed E-state index contributed by atoms with van der Waals surface area (Å²) < 4.78 is 28.2. The van der Waals surface area contributed by atoms with E-state index in [1.807, 2.05) is 19.2 Å². The molecule has 0 saturated heterocycles. The highest BCUT2D eigenvalue weighted by atomic mass is 32.2. The molecule has 0 atom stereocenters. The maximum atomic E-state index is 11.9. The van der Waals surface area contributed by atoms with E-state index in [0.717, 1.165) is 24.4 Å². The van der Waals surface area contributed by atoms with Gasteiger partial charge in [0.05, 0.1) is 0 Å². The summed E-state index contributed by atoms with van der Waals surface area (Å²) in [6.45, 7) is -0.934. The molecule has 2 nitrogen and oxygen atoms in total. The highest BCUT2D eigenvalue weighted by Gasteiger charge is 2.04. The summed E-state index contributed by atoms with van der Waals surface area (Å²) in [5.41, 5.74) is 1.09. The quantitative estimate of drug-likeness (QED) is 0.748. The average Bonchev–Trinajstić information content (AvgIpc) is 2.28. The molecular formula is C12H17F2NOS. The van der Waals surface area contributed by atoms with E-state index in [1.54, 1.807) is 23.9 Å². The fourth-order valence-corrected chi connectivity index (χ4v) is 1.91. The van der Waals surface area contributed by atoms with Crippen molar-refractivity contribution in [1.29, 1.82) is 0 Å². The summed E-state index contributed by atoms with van der Waals surface area (Å²) >= 11 is 1.80. The lowest BCUT2D eigenvalue weighted by molar-refractivity contribution is -0.0498. The summed E-state index contributed by atoms with van der Waals surface area (Å²) in [6, 6.07) is 6.77. The van der Waals surface area contributed by atoms with Gasteiger partial charge in [-0.05, 0) is 31.0 Å². The zero-order chi connectivity index (χ0) is 12.7. The predicted octanol–water partition coefficient (Wildman–Crippen LogP) is 3.08. The summed E-state index contributed by atoms with van der Waals surface area (Å²) in [7, 11) is 2.04. The molecule has 0 unspecified atom stereocenters. The molecule has 0 aliphatic heterocycles. The SMILES string of the molecule is CSCCN(C)Cc1ccc(OC(F)F)cc1.